The Kier molecular flexibility index (Phi) is 9.99. The van der Waals surface area contributed by atoms with Gasteiger partial charge >= 0.3 is 5.97 Å². The zero-order chi connectivity index (χ0) is 25.9. The topological polar surface area (TPSA) is 63.7 Å². The molecule has 3 aromatic carbocycles. The number of unbranched alkanes of at least 4 members (excludes halogenated alkanes) is 3. The summed E-state index contributed by atoms with van der Waals surface area (Å²) < 4.78 is 5.58. The van der Waals surface area contributed by atoms with Crippen LogP contribution in [0.1, 0.15) is 88.7 Å². The van der Waals surface area contributed by atoms with Gasteiger partial charge in [0.1, 0.15) is 0 Å². The van der Waals surface area contributed by atoms with E-state index in [1.807, 2.05) is 30.9 Å². The number of nitrogens with zero attached hydrogens (tertiary/aromatic N) is 1. The summed E-state index contributed by atoms with van der Waals surface area (Å²) in [6.45, 7) is 7.68. The number of ketones is 2. The first-order valence-corrected chi connectivity index (χ1v) is 12.8. The molecular formula is C31H35NO4. The molecule has 188 valence electrons. The van der Waals surface area contributed by atoms with Crippen LogP contribution >= 0.6 is 0 Å². The molecule has 36 heavy (non-hydrogen) atoms. The van der Waals surface area contributed by atoms with Crippen LogP contribution in [0.2, 0.25) is 0 Å². The van der Waals surface area contributed by atoms with E-state index in [4.69, 9.17) is 4.74 Å². The number of carbonyl (C=O) groups excluding carboxylic acids is 3. The Balaban J connectivity index is 2.20. The molecule has 0 unspecified atom stereocenters. The molecular weight excluding hydrogens is 450 g/mol. The summed E-state index contributed by atoms with van der Waals surface area (Å²) in [5.41, 5.74) is 1.95. The van der Waals surface area contributed by atoms with Gasteiger partial charge in [-0.3, -0.25) is 9.59 Å². The smallest absolute Gasteiger partial charge is 0.338 e. The lowest BCUT2D eigenvalue weighted by Crippen LogP contribution is -2.27. The van der Waals surface area contributed by atoms with E-state index in [1.165, 1.54) is 0 Å². The molecule has 0 saturated carbocycles. The van der Waals surface area contributed by atoms with Crippen molar-refractivity contribution in [2.45, 2.75) is 46.5 Å². The van der Waals surface area contributed by atoms with Crippen LogP contribution in [-0.2, 0) is 4.74 Å². The maximum absolute atomic E-state index is 13.9. The average Bonchev–Trinajstić information content (AvgIpc) is 2.93. The van der Waals surface area contributed by atoms with Crippen LogP contribution in [0.15, 0.2) is 72.8 Å². The number of carbonyl (C=O) groups is 3. The second-order valence-corrected chi connectivity index (χ2v) is 8.64. The first-order chi connectivity index (χ1) is 17.5. The molecule has 0 radical (unpaired) electrons. The summed E-state index contributed by atoms with van der Waals surface area (Å²) >= 11 is 0. The van der Waals surface area contributed by atoms with Crippen LogP contribution in [0.3, 0.4) is 0 Å². The lowest BCUT2D eigenvalue weighted by molar-refractivity contribution is 0.0495. The van der Waals surface area contributed by atoms with E-state index in [-0.39, 0.29) is 34.9 Å². The van der Waals surface area contributed by atoms with Crippen molar-refractivity contribution in [1.29, 1.82) is 0 Å². The van der Waals surface area contributed by atoms with Crippen LogP contribution < -0.4 is 4.90 Å². The first-order valence-electron chi connectivity index (χ1n) is 12.8. The van der Waals surface area contributed by atoms with Gasteiger partial charge in [-0.15, -0.1) is 0 Å². The molecule has 0 heterocycles. The Bertz CT molecular complexity index is 1170. The number of hydrogen-bond donors (Lipinski definition) is 0. The zero-order valence-corrected chi connectivity index (χ0v) is 21.5. The van der Waals surface area contributed by atoms with Gasteiger partial charge in [0.15, 0.2) is 11.6 Å². The lowest BCUT2D eigenvalue weighted by atomic mass is 9.87. The van der Waals surface area contributed by atoms with Crippen molar-refractivity contribution in [2.75, 3.05) is 24.6 Å². The van der Waals surface area contributed by atoms with Crippen LogP contribution in [-0.4, -0.2) is 37.2 Å². The SMILES string of the molecule is CCCCCCOC(=O)c1ccc(N(CC)CC)c(C(=O)c2ccccc2)c1C(=O)c1ccccc1. The minimum Gasteiger partial charge on any atom is -0.462 e. The summed E-state index contributed by atoms with van der Waals surface area (Å²) in [6, 6.07) is 21.0. The van der Waals surface area contributed by atoms with Gasteiger partial charge in [0.2, 0.25) is 0 Å². The van der Waals surface area contributed by atoms with Gasteiger partial charge < -0.3 is 9.64 Å². The zero-order valence-electron chi connectivity index (χ0n) is 21.5. The lowest BCUT2D eigenvalue weighted by Gasteiger charge is -2.26. The molecule has 0 bridgehead atoms. The van der Waals surface area contributed by atoms with Crippen molar-refractivity contribution in [3.8, 4) is 0 Å². The van der Waals surface area contributed by atoms with E-state index in [0.29, 0.717) is 29.9 Å². The maximum Gasteiger partial charge on any atom is 0.338 e. The van der Waals surface area contributed by atoms with Gasteiger partial charge in [0.25, 0.3) is 0 Å². The monoisotopic (exact) mass is 485 g/mol. The van der Waals surface area contributed by atoms with E-state index in [9.17, 15) is 14.4 Å². The Hall–Kier alpha value is -3.73. The normalized spacial score (nSPS) is 10.6. The van der Waals surface area contributed by atoms with E-state index >= 15 is 0 Å². The summed E-state index contributed by atoms with van der Waals surface area (Å²) in [7, 11) is 0. The molecule has 5 nitrogen and oxygen atoms in total. The number of ether oxygens (including phenoxy) is 1. The third-order valence-electron chi connectivity index (χ3n) is 6.26. The molecule has 3 rings (SSSR count). The van der Waals surface area contributed by atoms with E-state index in [2.05, 4.69) is 6.92 Å². The fraction of sp³-hybridized carbons (Fsp3) is 0.323. The highest BCUT2D eigenvalue weighted by Crippen LogP contribution is 2.32. The van der Waals surface area contributed by atoms with Crippen molar-refractivity contribution in [3.05, 3.63) is 101 Å². The van der Waals surface area contributed by atoms with Crippen molar-refractivity contribution >= 4 is 23.2 Å². The van der Waals surface area contributed by atoms with E-state index in [0.717, 1.165) is 25.7 Å². The number of esters is 1. The van der Waals surface area contributed by atoms with Crippen molar-refractivity contribution in [2.24, 2.45) is 0 Å². The van der Waals surface area contributed by atoms with E-state index in [1.54, 1.807) is 60.7 Å². The van der Waals surface area contributed by atoms with Crippen molar-refractivity contribution in [1.82, 2.24) is 0 Å². The molecule has 0 saturated heterocycles. The van der Waals surface area contributed by atoms with Gasteiger partial charge in [-0.25, -0.2) is 4.79 Å². The molecule has 0 atom stereocenters. The van der Waals surface area contributed by atoms with Gasteiger partial charge in [0.05, 0.1) is 23.3 Å². The third-order valence-corrected chi connectivity index (χ3v) is 6.26. The molecule has 0 spiro atoms. The summed E-state index contributed by atoms with van der Waals surface area (Å²) in [6.07, 6.45) is 3.89. The highest BCUT2D eigenvalue weighted by molar-refractivity contribution is 6.25. The molecule has 0 fully saturated rings. The summed E-state index contributed by atoms with van der Waals surface area (Å²) in [4.78, 5) is 43.1. The van der Waals surface area contributed by atoms with Crippen LogP contribution in [0, 0.1) is 0 Å². The largest absolute Gasteiger partial charge is 0.462 e. The summed E-state index contributed by atoms with van der Waals surface area (Å²) in [5, 5.41) is 0. The minimum absolute atomic E-state index is 0.0954. The molecule has 5 heteroatoms. The van der Waals surface area contributed by atoms with Crippen molar-refractivity contribution in [3.63, 3.8) is 0 Å². The number of hydrogen-bond acceptors (Lipinski definition) is 5. The predicted molar refractivity (Wildman–Crippen MR) is 144 cm³/mol. The van der Waals surface area contributed by atoms with Crippen LogP contribution in [0.4, 0.5) is 5.69 Å². The second kappa shape index (κ2) is 13.4. The highest BCUT2D eigenvalue weighted by Gasteiger charge is 2.30. The van der Waals surface area contributed by atoms with Crippen LogP contribution in [0.25, 0.3) is 0 Å². The fourth-order valence-electron chi connectivity index (χ4n) is 4.29. The number of rotatable bonds is 13. The summed E-state index contributed by atoms with van der Waals surface area (Å²) in [5.74, 6) is -1.25. The fourth-order valence-corrected chi connectivity index (χ4v) is 4.29. The highest BCUT2D eigenvalue weighted by atomic mass is 16.5. The molecule has 3 aromatic rings. The Labute approximate surface area is 214 Å². The Morgan fingerprint density at radius 3 is 1.75 bits per heavy atom. The quantitative estimate of drug-likeness (QED) is 0.153. The molecule has 0 aliphatic heterocycles. The Morgan fingerprint density at radius 1 is 0.667 bits per heavy atom. The Morgan fingerprint density at radius 2 is 1.22 bits per heavy atom. The molecule has 0 aliphatic carbocycles. The van der Waals surface area contributed by atoms with Gasteiger partial charge in [-0.1, -0.05) is 86.8 Å². The van der Waals surface area contributed by atoms with Gasteiger partial charge in [0, 0.05) is 29.9 Å². The van der Waals surface area contributed by atoms with Crippen molar-refractivity contribution < 1.29 is 19.1 Å². The maximum atomic E-state index is 13.9. The number of benzene rings is 3. The third kappa shape index (κ3) is 6.28. The standard InChI is InChI=1S/C31H35NO4/c1-4-7-8-15-22-36-31(35)25-20-21-26(32(5-2)6-3)28(30(34)24-18-13-10-14-19-24)27(25)29(33)23-16-11-9-12-17-23/h9-14,16-21H,4-8,15,22H2,1-3H3. The van der Waals surface area contributed by atoms with Gasteiger partial charge in [-0.05, 0) is 32.4 Å². The van der Waals surface area contributed by atoms with Gasteiger partial charge in [-0.2, -0.15) is 0 Å². The minimum atomic E-state index is -0.584. The average molecular weight is 486 g/mol. The molecule has 0 N–H and O–H groups in total. The molecule has 0 amide bonds. The van der Waals surface area contributed by atoms with E-state index < -0.39 is 5.97 Å². The molecule has 0 aromatic heterocycles. The molecule has 0 aliphatic rings. The van der Waals surface area contributed by atoms with Crippen LogP contribution in [0.5, 0.6) is 0 Å². The predicted octanol–water partition coefficient (Wildman–Crippen LogP) is 6.73. The number of anilines is 1. The second-order valence-electron chi connectivity index (χ2n) is 8.64. The first kappa shape index (κ1) is 26.9.